The Balaban J connectivity index is 2.21. The van der Waals surface area contributed by atoms with Crippen LogP contribution in [0.1, 0.15) is 63.6 Å². The van der Waals surface area contributed by atoms with Crippen molar-refractivity contribution in [3.05, 3.63) is 17.5 Å². The third-order valence-electron chi connectivity index (χ3n) is 5.24. The van der Waals surface area contributed by atoms with E-state index in [1.165, 1.54) is 36.9 Å². The van der Waals surface area contributed by atoms with Gasteiger partial charge < -0.3 is 5.32 Å². The van der Waals surface area contributed by atoms with E-state index in [1.54, 1.807) is 0 Å². The second-order valence-corrected chi connectivity index (χ2v) is 6.08. The summed E-state index contributed by atoms with van der Waals surface area (Å²) in [5.74, 6) is 0.686. The van der Waals surface area contributed by atoms with Crippen LogP contribution in [-0.4, -0.2) is 22.4 Å². The van der Waals surface area contributed by atoms with Gasteiger partial charge in [0.05, 0.1) is 5.69 Å². The molecule has 0 amide bonds. The second-order valence-electron chi connectivity index (χ2n) is 6.08. The average molecular weight is 263 g/mol. The van der Waals surface area contributed by atoms with Crippen LogP contribution >= 0.6 is 0 Å². The third-order valence-corrected chi connectivity index (χ3v) is 5.24. The first-order valence-corrected chi connectivity index (χ1v) is 7.82. The highest BCUT2D eigenvalue weighted by molar-refractivity contribution is 5.29. The molecule has 19 heavy (non-hydrogen) atoms. The first-order valence-electron chi connectivity index (χ1n) is 7.82. The van der Waals surface area contributed by atoms with Crippen LogP contribution in [-0.2, 0) is 7.05 Å². The van der Waals surface area contributed by atoms with Crippen molar-refractivity contribution in [1.82, 2.24) is 15.1 Å². The fourth-order valence-corrected chi connectivity index (χ4v) is 4.02. The lowest BCUT2D eigenvalue weighted by atomic mass is 9.52. The largest absolute Gasteiger partial charge is 0.313 e. The van der Waals surface area contributed by atoms with Crippen molar-refractivity contribution in [2.75, 3.05) is 6.54 Å². The highest BCUT2D eigenvalue weighted by Crippen LogP contribution is 2.57. The maximum Gasteiger partial charge on any atom is 0.0628 e. The summed E-state index contributed by atoms with van der Waals surface area (Å²) < 4.78 is 1.97. The number of aryl methyl sites for hydroxylation is 2. The average Bonchev–Trinajstić information content (AvgIpc) is 2.69. The number of aromatic nitrogens is 2. The van der Waals surface area contributed by atoms with Gasteiger partial charge in [0.15, 0.2) is 0 Å². The van der Waals surface area contributed by atoms with Gasteiger partial charge in [0.1, 0.15) is 0 Å². The maximum absolute atomic E-state index is 4.53. The Morgan fingerprint density at radius 2 is 2.05 bits per heavy atom. The van der Waals surface area contributed by atoms with E-state index in [2.05, 4.69) is 44.3 Å². The molecule has 108 valence electrons. The smallest absolute Gasteiger partial charge is 0.0628 e. The minimum Gasteiger partial charge on any atom is -0.313 e. The van der Waals surface area contributed by atoms with Crippen molar-refractivity contribution >= 4 is 0 Å². The zero-order valence-corrected chi connectivity index (χ0v) is 13.2. The van der Waals surface area contributed by atoms with Gasteiger partial charge in [0.2, 0.25) is 0 Å². The predicted octanol–water partition coefficient (Wildman–Crippen LogP) is 3.39. The number of hydrogen-bond donors (Lipinski definition) is 1. The van der Waals surface area contributed by atoms with E-state index in [1.807, 2.05) is 11.7 Å². The molecule has 1 aromatic heterocycles. The van der Waals surface area contributed by atoms with Crippen LogP contribution in [0.5, 0.6) is 0 Å². The molecule has 1 heterocycles. The lowest BCUT2D eigenvalue weighted by Gasteiger charge is -2.56. The van der Waals surface area contributed by atoms with Gasteiger partial charge in [-0.05, 0) is 56.0 Å². The topological polar surface area (TPSA) is 29.9 Å². The summed E-state index contributed by atoms with van der Waals surface area (Å²) in [7, 11) is 2.03. The van der Waals surface area contributed by atoms with Crippen molar-refractivity contribution < 1.29 is 0 Å². The summed E-state index contributed by atoms with van der Waals surface area (Å²) in [5.41, 5.74) is 3.12. The van der Waals surface area contributed by atoms with Crippen LogP contribution in [0.3, 0.4) is 0 Å². The monoisotopic (exact) mass is 263 g/mol. The molecule has 0 aliphatic heterocycles. The molecule has 0 saturated heterocycles. The molecule has 0 aromatic carbocycles. The highest BCUT2D eigenvalue weighted by atomic mass is 15.2. The molecule has 2 rings (SSSR count). The minimum atomic E-state index is 0.433. The Kier molecular flexibility index (Phi) is 4.34. The van der Waals surface area contributed by atoms with Crippen LogP contribution in [0.15, 0.2) is 6.20 Å². The van der Waals surface area contributed by atoms with Gasteiger partial charge in [-0.2, -0.15) is 5.10 Å². The lowest BCUT2D eigenvalue weighted by molar-refractivity contribution is 0.0198. The van der Waals surface area contributed by atoms with E-state index in [4.69, 9.17) is 0 Å². The molecule has 1 aromatic rings. The molecule has 0 radical (unpaired) electrons. The SMILES string of the molecule is CCCNC1CC(c2cn(C)nc2C)C1(CC)CC. The van der Waals surface area contributed by atoms with E-state index in [-0.39, 0.29) is 0 Å². The summed E-state index contributed by atoms with van der Waals surface area (Å²) >= 11 is 0. The quantitative estimate of drug-likeness (QED) is 0.852. The normalized spacial score (nSPS) is 25.3. The first kappa shape index (κ1) is 14.6. The van der Waals surface area contributed by atoms with Gasteiger partial charge in [-0.15, -0.1) is 0 Å². The Labute approximate surface area is 117 Å². The maximum atomic E-state index is 4.53. The molecular formula is C16H29N3. The summed E-state index contributed by atoms with van der Waals surface area (Å²) in [5, 5.41) is 8.29. The van der Waals surface area contributed by atoms with Gasteiger partial charge >= 0.3 is 0 Å². The predicted molar refractivity (Wildman–Crippen MR) is 80.4 cm³/mol. The Bertz CT molecular complexity index is 418. The number of rotatable bonds is 6. The van der Waals surface area contributed by atoms with Gasteiger partial charge in [-0.1, -0.05) is 20.8 Å². The minimum absolute atomic E-state index is 0.433. The van der Waals surface area contributed by atoms with E-state index < -0.39 is 0 Å². The second kappa shape index (κ2) is 5.66. The zero-order chi connectivity index (χ0) is 14.0. The molecule has 2 atom stereocenters. The molecule has 1 N–H and O–H groups in total. The van der Waals surface area contributed by atoms with Gasteiger partial charge in [0, 0.05) is 19.3 Å². The molecule has 1 saturated carbocycles. The zero-order valence-electron chi connectivity index (χ0n) is 13.2. The molecule has 3 nitrogen and oxygen atoms in total. The Morgan fingerprint density at radius 3 is 2.53 bits per heavy atom. The van der Waals surface area contributed by atoms with Crippen molar-refractivity contribution in [1.29, 1.82) is 0 Å². The van der Waals surface area contributed by atoms with Crippen LogP contribution in [0, 0.1) is 12.3 Å². The van der Waals surface area contributed by atoms with E-state index in [0.29, 0.717) is 17.4 Å². The molecule has 3 heteroatoms. The van der Waals surface area contributed by atoms with E-state index in [9.17, 15) is 0 Å². The third kappa shape index (κ3) is 2.33. The molecule has 1 aliphatic carbocycles. The molecule has 1 aliphatic rings. The first-order chi connectivity index (χ1) is 9.08. The summed E-state index contributed by atoms with van der Waals surface area (Å²) in [4.78, 5) is 0. The van der Waals surface area contributed by atoms with Crippen molar-refractivity contribution in [3.8, 4) is 0 Å². The fourth-order valence-electron chi connectivity index (χ4n) is 4.02. The molecule has 2 unspecified atom stereocenters. The van der Waals surface area contributed by atoms with Crippen molar-refractivity contribution in [2.24, 2.45) is 12.5 Å². The van der Waals surface area contributed by atoms with Gasteiger partial charge in [0.25, 0.3) is 0 Å². The Hall–Kier alpha value is -0.830. The number of hydrogen-bond acceptors (Lipinski definition) is 2. The molecule has 1 fully saturated rings. The molecule has 0 spiro atoms. The van der Waals surface area contributed by atoms with E-state index in [0.717, 1.165) is 6.54 Å². The van der Waals surface area contributed by atoms with Gasteiger partial charge in [-0.3, -0.25) is 4.68 Å². The van der Waals surface area contributed by atoms with E-state index >= 15 is 0 Å². The number of nitrogens with one attached hydrogen (secondary N) is 1. The van der Waals surface area contributed by atoms with Crippen LogP contribution in [0.25, 0.3) is 0 Å². The summed E-state index contributed by atoms with van der Waals surface area (Å²) in [6.07, 6.45) is 7.23. The van der Waals surface area contributed by atoms with Gasteiger partial charge in [-0.25, -0.2) is 0 Å². The molecular weight excluding hydrogens is 234 g/mol. The number of nitrogens with zero attached hydrogens (tertiary/aromatic N) is 2. The van der Waals surface area contributed by atoms with Crippen molar-refractivity contribution in [3.63, 3.8) is 0 Å². The standard InChI is InChI=1S/C16H29N3/c1-6-9-17-15-10-14(16(15,7-2)8-3)13-11-19(5)18-12(13)4/h11,14-15,17H,6-10H2,1-5H3. The lowest BCUT2D eigenvalue weighted by Crippen LogP contribution is -2.58. The van der Waals surface area contributed by atoms with Crippen LogP contribution < -0.4 is 5.32 Å². The summed E-state index contributed by atoms with van der Waals surface area (Å²) in [6, 6.07) is 0.687. The fraction of sp³-hybridized carbons (Fsp3) is 0.812. The highest BCUT2D eigenvalue weighted by Gasteiger charge is 2.53. The summed E-state index contributed by atoms with van der Waals surface area (Å²) in [6.45, 7) is 10.2. The van der Waals surface area contributed by atoms with Crippen molar-refractivity contribution in [2.45, 2.75) is 65.3 Å². The molecule has 0 bridgehead atoms. The van der Waals surface area contributed by atoms with Crippen LogP contribution in [0.4, 0.5) is 0 Å². The Morgan fingerprint density at radius 1 is 1.37 bits per heavy atom. The van der Waals surface area contributed by atoms with Crippen LogP contribution in [0.2, 0.25) is 0 Å².